The van der Waals surface area contributed by atoms with E-state index in [0.29, 0.717) is 0 Å². The van der Waals surface area contributed by atoms with E-state index in [0.717, 1.165) is 41.9 Å². The molecule has 0 spiro atoms. The first-order valence-electron chi connectivity index (χ1n) is 9.26. The van der Waals surface area contributed by atoms with E-state index in [9.17, 15) is 32.1 Å². The fourth-order valence-corrected chi connectivity index (χ4v) is 4.65. The second-order valence-corrected chi connectivity index (χ2v) is 10.1. The van der Waals surface area contributed by atoms with Crippen LogP contribution in [0, 0.1) is 21.7 Å². The second kappa shape index (κ2) is 8.49. The fourth-order valence-electron chi connectivity index (χ4n) is 2.96. The number of hydrogen-bond donors (Lipinski definition) is 0. The van der Waals surface area contributed by atoms with Crippen LogP contribution in [0.15, 0.2) is 44.4 Å². The largest absolute Gasteiger partial charge is 0.419 e. The molecule has 176 valence electrons. The van der Waals surface area contributed by atoms with E-state index in [1.807, 2.05) is 0 Å². The minimum atomic E-state index is -3.81. The maximum absolute atomic E-state index is 13.5. The number of hydrogen-bond acceptors (Lipinski definition) is 11. The van der Waals surface area contributed by atoms with Crippen molar-refractivity contribution in [1.29, 1.82) is 0 Å². The Morgan fingerprint density at radius 2 is 1.91 bits per heavy atom. The van der Waals surface area contributed by atoms with E-state index in [2.05, 4.69) is 15.2 Å². The predicted octanol–water partition coefficient (Wildman–Crippen LogP) is 2.93. The highest BCUT2D eigenvalue weighted by molar-refractivity contribution is 7.90. The molecule has 4 aromatic rings. The Bertz CT molecular complexity index is 1620. The normalized spacial score (nSPS) is 11.6. The van der Waals surface area contributed by atoms with E-state index < -0.39 is 37.6 Å². The second-order valence-electron chi connectivity index (χ2n) is 7.14. The summed E-state index contributed by atoms with van der Waals surface area (Å²) in [5.41, 5.74) is -1.24. The van der Waals surface area contributed by atoms with Gasteiger partial charge in [-0.2, -0.15) is 4.98 Å². The van der Waals surface area contributed by atoms with Crippen LogP contribution in [0.5, 0.6) is 0 Å². The molecule has 0 unspecified atom stereocenters. The zero-order valence-corrected chi connectivity index (χ0v) is 19.0. The molecular weight excluding hydrogens is 496 g/mol. The first kappa shape index (κ1) is 23.3. The number of halogens is 2. The van der Waals surface area contributed by atoms with Crippen LogP contribution >= 0.6 is 11.3 Å². The van der Waals surface area contributed by atoms with Crippen molar-refractivity contribution in [2.75, 3.05) is 18.2 Å². The van der Waals surface area contributed by atoms with Crippen LogP contribution in [0.4, 0.5) is 19.6 Å². The van der Waals surface area contributed by atoms with Gasteiger partial charge in [0.1, 0.15) is 4.70 Å². The molecule has 0 aliphatic carbocycles. The molecule has 2 aromatic carbocycles. The van der Waals surface area contributed by atoms with Crippen LogP contribution in [0.25, 0.3) is 21.5 Å². The van der Waals surface area contributed by atoms with Gasteiger partial charge >= 0.3 is 0 Å². The standard InChI is InChI=1S/C19H13F2N5O6S2/c1-25(8-15-23-24-18(32-15)9-3-4-12(20)13(21)5-9)19-22-17(27)11-6-10(34(2,30)31)7-14(26(28)29)16(11)33-19/h3-7H,8H2,1-2H3. The van der Waals surface area contributed by atoms with Crippen molar-refractivity contribution in [3.63, 3.8) is 0 Å². The van der Waals surface area contributed by atoms with Crippen LogP contribution < -0.4 is 10.5 Å². The average molecular weight is 509 g/mol. The highest BCUT2D eigenvalue weighted by atomic mass is 32.2. The van der Waals surface area contributed by atoms with Gasteiger partial charge < -0.3 is 9.32 Å². The number of benzene rings is 2. The maximum Gasteiger partial charge on any atom is 0.288 e. The Hall–Kier alpha value is -3.85. The number of sulfone groups is 1. The third-order valence-electron chi connectivity index (χ3n) is 4.62. The lowest BCUT2D eigenvalue weighted by Crippen LogP contribution is -2.20. The van der Waals surface area contributed by atoms with Gasteiger partial charge in [-0.1, -0.05) is 11.3 Å². The summed E-state index contributed by atoms with van der Waals surface area (Å²) in [6.45, 7) is -0.0691. The van der Waals surface area contributed by atoms with Crippen LogP contribution in [0.2, 0.25) is 0 Å². The Balaban J connectivity index is 1.69. The van der Waals surface area contributed by atoms with Gasteiger partial charge in [0.2, 0.25) is 11.8 Å². The fraction of sp³-hybridized carbons (Fsp3) is 0.158. The summed E-state index contributed by atoms with van der Waals surface area (Å²) in [5, 5.41) is 19.0. The molecule has 0 aliphatic heterocycles. The van der Waals surface area contributed by atoms with Gasteiger partial charge in [0, 0.05) is 24.9 Å². The van der Waals surface area contributed by atoms with Gasteiger partial charge in [-0.3, -0.25) is 14.9 Å². The first-order chi connectivity index (χ1) is 15.9. The van der Waals surface area contributed by atoms with Crippen molar-refractivity contribution in [1.82, 2.24) is 15.2 Å². The van der Waals surface area contributed by atoms with Crippen LogP contribution in [0.3, 0.4) is 0 Å². The highest BCUT2D eigenvalue weighted by Gasteiger charge is 2.23. The molecule has 0 N–H and O–H groups in total. The van der Waals surface area contributed by atoms with Gasteiger partial charge in [-0.15, -0.1) is 10.2 Å². The minimum Gasteiger partial charge on any atom is -0.419 e. The number of nitro benzene ring substituents is 1. The molecule has 11 nitrogen and oxygen atoms in total. The number of fused-ring (bicyclic) bond motifs is 1. The summed E-state index contributed by atoms with van der Waals surface area (Å²) in [7, 11) is -2.29. The Morgan fingerprint density at radius 1 is 1.18 bits per heavy atom. The lowest BCUT2D eigenvalue weighted by Gasteiger charge is -2.15. The molecule has 4 rings (SSSR count). The monoisotopic (exact) mass is 509 g/mol. The quantitative estimate of drug-likeness (QED) is 0.280. The molecule has 0 saturated carbocycles. The van der Waals surface area contributed by atoms with E-state index in [4.69, 9.17) is 4.42 Å². The predicted molar refractivity (Wildman–Crippen MR) is 117 cm³/mol. The van der Waals surface area contributed by atoms with Crippen LogP contribution in [-0.4, -0.2) is 41.8 Å². The van der Waals surface area contributed by atoms with Crippen molar-refractivity contribution in [2.24, 2.45) is 0 Å². The molecular formula is C19H13F2N5O6S2. The number of aromatic nitrogens is 3. The van der Waals surface area contributed by atoms with Gasteiger partial charge in [0.05, 0.1) is 21.7 Å². The molecule has 2 heterocycles. The number of anilines is 1. The smallest absolute Gasteiger partial charge is 0.288 e. The summed E-state index contributed by atoms with van der Waals surface area (Å²) in [5.74, 6) is -2.13. The Kier molecular flexibility index (Phi) is 5.82. The molecule has 34 heavy (non-hydrogen) atoms. The lowest BCUT2D eigenvalue weighted by atomic mass is 10.2. The third kappa shape index (κ3) is 4.47. The first-order valence-corrected chi connectivity index (χ1v) is 12.0. The van der Waals surface area contributed by atoms with E-state index >= 15 is 0 Å². The molecule has 15 heteroatoms. The van der Waals surface area contributed by atoms with E-state index in [-0.39, 0.29) is 44.0 Å². The highest BCUT2D eigenvalue weighted by Crippen LogP contribution is 2.34. The number of non-ortho nitro benzene ring substituents is 1. The van der Waals surface area contributed by atoms with Crippen molar-refractivity contribution < 1.29 is 26.5 Å². The average Bonchev–Trinajstić information content (AvgIpc) is 3.22. The van der Waals surface area contributed by atoms with E-state index in [1.54, 1.807) is 0 Å². The summed E-state index contributed by atoms with van der Waals surface area (Å²) >= 11 is 0.807. The Morgan fingerprint density at radius 3 is 2.56 bits per heavy atom. The van der Waals surface area contributed by atoms with Crippen molar-refractivity contribution in [2.45, 2.75) is 11.4 Å². The number of nitrogens with zero attached hydrogens (tertiary/aromatic N) is 5. The summed E-state index contributed by atoms with van der Waals surface area (Å²) in [6, 6.07) is 5.03. The van der Waals surface area contributed by atoms with Crippen molar-refractivity contribution >= 4 is 42.1 Å². The number of rotatable bonds is 6. The molecule has 0 amide bonds. The molecule has 0 fully saturated rings. The lowest BCUT2D eigenvalue weighted by molar-refractivity contribution is -0.383. The van der Waals surface area contributed by atoms with Crippen LogP contribution in [-0.2, 0) is 16.4 Å². The SMILES string of the molecule is CN(Cc1nnc(-c2ccc(F)c(F)c2)o1)c1nc(=O)c2cc(S(C)(=O)=O)cc([N+](=O)[O-])c2s1. The molecule has 0 aliphatic rings. The van der Waals surface area contributed by atoms with E-state index in [1.165, 1.54) is 18.0 Å². The van der Waals surface area contributed by atoms with Gasteiger partial charge in [-0.05, 0) is 24.3 Å². The molecule has 0 radical (unpaired) electrons. The summed E-state index contributed by atoms with van der Waals surface area (Å²) in [4.78, 5) is 28.3. The van der Waals surface area contributed by atoms with Gasteiger partial charge in [-0.25, -0.2) is 17.2 Å². The molecule has 0 bridgehead atoms. The van der Waals surface area contributed by atoms with Crippen molar-refractivity contribution in [3.05, 3.63) is 68.3 Å². The zero-order valence-electron chi connectivity index (χ0n) is 17.4. The molecule has 0 atom stereocenters. The third-order valence-corrected chi connectivity index (χ3v) is 6.93. The van der Waals surface area contributed by atoms with Gasteiger partial charge in [0.25, 0.3) is 11.2 Å². The number of nitro groups is 1. The molecule has 2 aromatic heterocycles. The molecule has 0 saturated heterocycles. The topological polar surface area (TPSA) is 149 Å². The van der Waals surface area contributed by atoms with Crippen LogP contribution in [0.1, 0.15) is 5.89 Å². The minimum absolute atomic E-state index is 0.0469. The maximum atomic E-state index is 13.5. The van der Waals surface area contributed by atoms with Crippen molar-refractivity contribution in [3.8, 4) is 11.5 Å². The zero-order chi connectivity index (χ0) is 24.8. The Labute approximate surface area is 193 Å². The summed E-state index contributed by atoms with van der Waals surface area (Å²) in [6.07, 6.45) is 0.875. The van der Waals surface area contributed by atoms with Gasteiger partial charge in [0.15, 0.2) is 26.6 Å². The summed E-state index contributed by atoms with van der Waals surface area (Å²) < 4.78 is 55.7.